The van der Waals surface area contributed by atoms with Crippen molar-refractivity contribution < 1.29 is 4.74 Å². The molecule has 3 heteroatoms. The Kier molecular flexibility index (Phi) is 7.20. The van der Waals surface area contributed by atoms with Gasteiger partial charge in [0.05, 0.1) is 6.10 Å². The number of rotatable bonds is 7. The molecule has 1 aliphatic rings. The van der Waals surface area contributed by atoms with Gasteiger partial charge in [0.25, 0.3) is 0 Å². The van der Waals surface area contributed by atoms with Gasteiger partial charge in [0, 0.05) is 32.8 Å². The van der Waals surface area contributed by atoms with Crippen LogP contribution in [0.25, 0.3) is 0 Å². The van der Waals surface area contributed by atoms with Gasteiger partial charge in [-0.1, -0.05) is 20.8 Å². The molecule has 1 N–H and O–H groups in total. The lowest BCUT2D eigenvalue weighted by atomic mass is 9.86. The van der Waals surface area contributed by atoms with E-state index in [0.29, 0.717) is 11.5 Å². The van der Waals surface area contributed by atoms with Crippen molar-refractivity contribution in [3.05, 3.63) is 0 Å². The summed E-state index contributed by atoms with van der Waals surface area (Å²) in [6.45, 7) is 15.8. The number of hydrogen-bond acceptors (Lipinski definition) is 3. The van der Waals surface area contributed by atoms with Crippen LogP contribution in [0.15, 0.2) is 0 Å². The second-order valence-corrected chi connectivity index (χ2v) is 6.11. The van der Waals surface area contributed by atoms with Crippen LogP contribution in [0, 0.1) is 5.41 Å². The van der Waals surface area contributed by atoms with Crippen LogP contribution in [0.4, 0.5) is 0 Å². The maximum absolute atomic E-state index is 5.72. The van der Waals surface area contributed by atoms with Gasteiger partial charge in [0.1, 0.15) is 0 Å². The second kappa shape index (κ2) is 8.13. The molecular weight excluding hydrogens is 224 g/mol. The van der Waals surface area contributed by atoms with Crippen molar-refractivity contribution in [2.45, 2.75) is 53.1 Å². The van der Waals surface area contributed by atoms with E-state index in [1.54, 1.807) is 0 Å². The monoisotopic (exact) mass is 256 g/mol. The van der Waals surface area contributed by atoms with E-state index < -0.39 is 0 Å². The van der Waals surface area contributed by atoms with E-state index in [-0.39, 0.29) is 0 Å². The quantitative estimate of drug-likeness (QED) is 0.708. The molecule has 0 bridgehead atoms. The molecule has 2 unspecified atom stereocenters. The molecular formula is C15H32N2O. The van der Waals surface area contributed by atoms with Gasteiger partial charge in [-0.3, -0.25) is 0 Å². The molecule has 0 aromatic carbocycles. The standard InChI is InChI=1S/C15H32N2O/c1-5-8-16-12-15(4,6-2)13-17-9-7-10-18-14(3)11-17/h14,16H,5-13H2,1-4H3. The Morgan fingerprint density at radius 3 is 2.83 bits per heavy atom. The fourth-order valence-corrected chi connectivity index (χ4v) is 2.62. The minimum atomic E-state index is 0.386. The molecule has 0 amide bonds. The van der Waals surface area contributed by atoms with Crippen LogP contribution in [0.2, 0.25) is 0 Å². The number of nitrogens with one attached hydrogen (secondary N) is 1. The number of nitrogens with zero attached hydrogens (tertiary/aromatic N) is 1. The van der Waals surface area contributed by atoms with Gasteiger partial charge in [-0.25, -0.2) is 0 Å². The van der Waals surface area contributed by atoms with Crippen molar-refractivity contribution in [2.24, 2.45) is 5.41 Å². The van der Waals surface area contributed by atoms with E-state index >= 15 is 0 Å². The van der Waals surface area contributed by atoms with Crippen LogP contribution in [-0.2, 0) is 4.74 Å². The summed E-state index contributed by atoms with van der Waals surface area (Å²) in [5.74, 6) is 0. The molecule has 0 aromatic heterocycles. The van der Waals surface area contributed by atoms with Crippen molar-refractivity contribution in [1.29, 1.82) is 0 Å². The van der Waals surface area contributed by atoms with E-state index in [2.05, 4.69) is 37.9 Å². The summed E-state index contributed by atoms with van der Waals surface area (Å²) in [6, 6.07) is 0. The first kappa shape index (κ1) is 15.9. The Labute approximate surface area is 113 Å². The van der Waals surface area contributed by atoms with E-state index in [0.717, 1.165) is 26.2 Å². The molecule has 108 valence electrons. The largest absolute Gasteiger partial charge is 0.377 e. The average molecular weight is 256 g/mol. The minimum Gasteiger partial charge on any atom is -0.377 e. The lowest BCUT2D eigenvalue weighted by molar-refractivity contribution is 0.0598. The summed E-state index contributed by atoms with van der Waals surface area (Å²) in [5.41, 5.74) is 0.388. The van der Waals surface area contributed by atoms with Crippen LogP contribution in [0.3, 0.4) is 0 Å². The third-order valence-corrected chi connectivity index (χ3v) is 3.97. The van der Waals surface area contributed by atoms with Gasteiger partial charge in [-0.15, -0.1) is 0 Å². The first-order valence-electron chi connectivity index (χ1n) is 7.64. The summed E-state index contributed by atoms with van der Waals surface area (Å²) in [6.07, 6.45) is 4.01. The average Bonchev–Trinajstić information content (AvgIpc) is 2.54. The highest BCUT2D eigenvalue weighted by Crippen LogP contribution is 2.23. The molecule has 0 radical (unpaired) electrons. The van der Waals surface area contributed by atoms with Crippen molar-refractivity contribution in [2.75, 3.05) is 39.3 Å². The Morgan fingerprint density at radius 2 is 2.17 bits per heavy atom. The van der Waals surface area contributed by atoms with E-state index in [1.807, 2.05) is 0 Å². The zero-order valence-corrected chi connectivity index (χ0v) is 12.8. The van der Waals surface area contributed by atoms with Crippen molar-refractivity contribution in [3.8, 4) is 0 Å². The summed E-state index contributed by atoms with van der Waals surface area (Å²) in [7, 11) is 0. The highest BCUT2D eigenvalue weighted by Gasteiger charge is 2.26. The van der Waals surface area contributed by atoms with Crippen LogP contribution in [-0.4, -0.2) is 50.3 Å². The second-order valence-electron chi connectivity index (χ2n) is 6.11. The predicted octanol–water partition coefficient (Wildman–Crippen LogP) is 2.51. The van der Waals surface area contributed by atoms with Gasteiger partial charge in [-0.05, 0) is 38.1 Å². The first-order chi connectivity index (χ1) is 8.59. The Hall–Kier alpha value is -0.120. The van der Waals surface area contributed by atoms with Gasteiger partial charge >= 0.3 is 0 Å². The molecule has 1 rings (SSSR count). The van der Waals surface area contributed by atoms with E-state index in [9.17, 15) is 0 Å². The molecule has 1 heterocycles. The third-order valence-electron chi connectivity index (χ3n) is 3.97. The fourth-order valence-electron chi connectivity index (χ4n) is 2.62. The van der Waals surface area contributed by atoms with Crippen LogP contribution in [0.1, 0.15) is 47.0 Å². The van der Waals surface area contributed by atoms with Crippen LogP contribution < -0.4 is 5.32 Å². The summed E-state index contributed by atoms with van der Waals surface area (Å²) < 4.78 is 5.72. The summed E-state index contributed by atoms with van der Waals surface area (Å²) in [4.78, 5) is 2.59. The third kappa shape index (κ3) is 5.68. The van der Waals surface area contributed by atoms with Crippen molar-refractivity contribution in [1.82, 2.24) is 10.2 Å². The Balaban J connectivity index is 2.43. The molecule has 3 nitrogen and oxygen atoms in total. The van der Waals surface area contributed by atoms with E-state index in [4.69, 9.17) is 4.74 Å². The zero-order valence-electron chi connectivity index (χ0n) is 12.8. The van der Waals surface area contributed by atoms with Gasteiger partial charge in [0.2, 0.25) is 0 Å². The van der Waals surface area contributed by atoms with Crippen molar-refractivity contribution >= 4 is 0 Å². The summed E-state index contributed by atoms with van der Waals surface area (Å²) in [5, 5.41) is 3.59. The lowest BCUT2D eigenvalue weighted by Gasteiger charge is -2.35. The smallest absolute Gasteiger partial charge is 0.0673 e. The summed E-state index contributed by atoms with van der Waals surface area (Å²) >= 11 is 0. The normalized spacial score (nSPS) is 25.7. The molecule has 0 spiro atoms. The molecule has 1 fully saturated rings. The van der Waals surface area contributed by atoms with Gasteiger partial charge < -0.3 is 15.0 Å². The molecule has 18 heavy (non-hydrogen) atoms. The zero-order chi connectivity index (χ0) is 13.4. The topological polar surface area (TPSA) is 24.5 Å². The molecule has 1 saturated heterocycles. The van der Waals surface area contributed by atoms with E-state index in [1.165, 1.54) is 32.4 Å². The molecule has 2 atom stereocenters. The van der Waals surface area contributed by atoms with Gasteiger partial charge in [0.15, 0.2) is 0 Å². The SMILES string of the molecule is CCCNCC(C)(CC)CN1CCCOC(C)C1. The van der Waals surface area contributed by atoms with Crippen LogP contribution in [0.5, 0.6) is 0 Å². The lowest BCUT2D eigenvalue weighted by Crippen LogP contribution is -2.44. The first-order valence-corrected chi connectivity index (χ1v) is 7.64. The molecule has 1 aliphatic heterocycles. The Morgan fingerprint density at radius 1 is 1.39 bits per heavy atom. The minimum absolute atomic E-state index is 0.386. The molecule has 0 aliphatic carbocycles. The maximum atomic E-state index is 5.72. The van der Waals surface area contributed by atoms with Gasteiger partial charge in [-0.2, -0.15) is 0 Å². The number of ether oxygens (including phenoxy) is 1. The maximum Gasteiger partial charge on any atom is 0.0673 e. The number of hydrogen-bond donors (Lipinski definition) is 1. The Bertz CT molecular complexity index is 223. The highest BCUT2D eigenvalue weighted by atomic mass is 16.5. The van der Waals surface area contributed by atoms with Crippen LogP contribution >= 0.6 is 0 Å². The molecule has 0 aromatic rings. The predicted molar refractivity (Wildman–Crippen MR) is 78.0 cm³/mol. The highest BCUT2D eigenvalue weighted by molar-refractivity contribution is 4.81. The molecule has 0 saturated carbocycles. The fraction of sp³-hybridized carbons (Fsp3) is 1.00. The van der Waals surface area contributed by atoms with Crippen molar-refractivity contribution in [3.63, 3.8) is 0 Å².